The van der Waals surface area contributed by atoms with E-state index >= 15 is 0 Å². The topological polar surface area (TPSA) is 51.1 Å². The van der Waals surface area contributed by atoms with Crippen LogP contribution in [0, 0.1) is 0 Å². The van der Waals surface area contributed by atoms with Crippen molar-refractivity contribution < 1.29 is 4.79 Å². The normalized spacial score (nSPS) is 10.5. The van der Waals surface area contributed by atoms with Gasteiger partial charge in [0, 0.05) is 11.8 Å². The first-order valence-corrected chi connectivity index (χ1v) is 7.80. The van der Waals surface area contributed by atoms with Gasteiger partial charge in [-0.3, -0.25) is 4.79 Å². The van der Waals surface area contributed by atoms with E-state index in [9.17, 15) is 9.59 Å². The van der Waals surface area contributed by atoms with Gasteiger partial charge >= 0.3 is 6.03 Å². The third-order valence-electron chi connectivity index (χ3n) is 2.18. The first-order chi connectivity index (χ1) is 9.01. The lowest BCUT2D eigenvalue weighted by atomic mass is 10.3. The Hall–Kier alpha value is -0.950. The molecule has 0 radical (unpaired) electrons. The average molecular weight is 335 g/mol. The molecule has 2 rings (SSSR count). The van der Waals surface area contributed by atoms with Gasteiger partial charge in [0.15, 0.2) is 0 Å². The Morgan fingerprint density at radius 3 is 2.63 bits per heavy atom. The lowest BCUT2D eigenvalue weighted by molar-refractivity contribution is 0.255. The van der Waals surface area contributed by atoms with Gasteiger partial charge in [0.2, 0.25) is 0 Å². The summed E-state index contributed by atoms with van der Waals surface area (Å²) in [5.74, 6) is 0. The van der Waals surface area contributed by atoms with Crippen LogP contribution in [0.5, 0.6) is 0 Å². The van der Waals surface area contributed by atoms with Crippen LogP contribution in [0.3, 0.4) is 0 Å². The fourth-order valence-electron chi connectivity index (χ4n) is 1.31. The van der Waals surface area contributed by atoms with Crippen molar-refractivity contribution in [3.8, 4) is 0 Å². The SMILES string of the molecule is CSc1cc(=O)n(C(=O)Nc2ccc(Cl)c(Cl)c2)s1. The van der Waals surface area contributed by atoms with Gasteiger partial charge in [-0.25, -0.2) is 4.79 Å². The van der Waals surface area contributed by atoms with Crippen molar-refractivity contribution in [1.29, 1.82) is 0 Å². The fraction of sp³-hybridized carbons (Fsp3) is 0.0909. The minimum Gasteiger partial charge on any atom is -0.306 e. The molecule has 0 fully saturated rings. The number of carbonyl (C=O) groups excluding carboxylic acids is 1. The molecular weight excluding hydrogens is 327 g/mol. The number of halogens is 2. The molecule has 0 saturated carbocycles. The molecule has 0 aliphatic heterocycles. The first-order valence-electron chi connectivity index (χ1n) is 5.05. The Morgan fingerprint density at radius 1 is 1.32 bits per heavy atom. The second kappa shape index (κ2) is 6.00. The van der Waals surface area contributed by atoms with Crippen LogP contribution in [0.2, 0.25) is 10.0 Å². The van der Waals surface area contributed by atoms with E-state index in [0.29, 0.717) is 15.7 Å². The molecule has 1 aromatic carbocycles. The maximum absolute atomic E-state index is 11.9. The highest BCUT2D eigenvalue weighted by atomic mass is 35.5. The van der Waals surface area contributed by atoms with Crippen LogP contribution in [-0.2, 0) is 0 Å². The zero-order valence-corrected chi connectivity index (χ0v) is 12.8. The molecule has 0 bridgehead atoms. The first kappa shape index (κ1) is 14.5. The standard InChI is InChI=1S/C11H8Cl2N2O2S2/c1-18-10-5-9(16)15(19-10)11(17)14-6-2-3-7(12)8(13)4-6/h2-5H,1H3,(H,14,17). The average Bonchev–Trinajstić information content (AvgIpc) is 2.75. The smallest absolute Gasteiger partial charge is 0.306 e. The number of hydrogen-bond donors (Lipinski definition) is 1. The van der Waals surface area contributed by atoms with E-state index < -0.39 is 6.03 Å². The Bertz CT molecular complexity index is 682. The number of thioether (sulfide) groups is 1. The van der Waals surface area contributed by atoms with Crippen molar-refractivity contribution in [2.75, 3.05) is 11.6 Å². The molecule has 0 unspecified atom stereocenters. The van der Waals surface area contributed by atoms with Gasteiger partial charge < -0.3 is 5.32 Å². The molecule has 2 aromatic rings. The third-order valence-corrected chi connectivity index (χ3v) is 4.99. The zero-order chi connectivity index (χ0) is 14.0. The zero-order valence-electron chi connectivity index (χ0n) is 9.65. The molecule has 1 amide bonds. The molecule has 0 saturated heterocycles. The number of rotatable bonds is 2. The summed E-state index contributed by atoms with van der Waals surface area (Å²) in [6, 6.07) is 5.61. The molecule has 19 heavy (non-hydrogen) atoms. The minimum atomic E-state index is -0.520. The van der Waals surface area contributed by atoms with Crippen molar-refractivity contribution >= 4 is 58.2 Å². The molecule has 0 aliphatic rings. The van der Waals surface area contributed by atoms with E-state index in [2.05, 4.69) is 5.32 Å². The number of hydrogen-bond acceptors (Lipinski definition) is 4. The van der Waals surface area contributed by atoms with Gasteiger partial charge in [0.05, 0.1) is 14.3 Å². The Morgan fingerprint density at radius 2 is 2.05 bits per heavy atom. The summed E-state index contributed by atoms with van der Waals surface area (Å²) in [6.07, 6.45) is 1.84. The third kappa shape index (κ3) is 3.33. The van der Waals surface area contributed by atoms with E-state index in [-0.39, 0.29) is 5.56 Å². The number of aromatic nitrogens is 1. The molecule has 1 aromatic heterocycles. The van der Waals surface area contributed by atoms with Crippen LogP contribution in [-0.4, -0.2) is 16.2 Å². The van der Waals surface area contributed by atoms with E-state index in [0.717, 1.165) is 19.7 Å². The van der Waals surface area contributed by atoms with Crippen LogP contribution < -0.4 is 10.9 Å². The number of benzene rings is 1. The van der Waals surface area contributed by atoms with E-state index in [1.807, 2.05) is 6.26 Å². The van der Waals surface area contributed by atoms with Crippen LogP contribution >= 0.6 is 46.5 Å². The largest absolute Gasteiger partial charge is 0.342 e. The van der Waals surface area contributed by atoms with Crippen LogP contribution in [0.15, 0.2) is 33.3 Å². The van der Waals surface area contributed by atoms with Crippen molar-refractivity contribution in [2.24, 2.45) is 0 Å². The minimum absolute atomic E-state index is 0.336. The lowest BCUT2D eigenvalue weighted by Crippen LogP contribution is -2.26. The van der Waals surface area contributed by atoms with Crippen LogP contribution in [0.1, 0.15) is 0 Å². The summed E-state index contributed by atoms with van der Waals surface area (Å²) in [7, 11) is 0. The summed E-state index contributed by atoms with van der Waals surface area (Å²) in [5, 5.41) is 3.32. The van der Waals surface area contributed by atoms with E-state index in [1.54, 1.807) is 12.1 Å². The van der Waals surface area contributed by atoms with Crippen molar-refractivity contribution in [3.05, 3.63) is 44.7 Å². The summed E-state index contributed by atoms with van der Waals surface area (Å²) < 4.78 is 1.82. The number of amides is 1. The molecule has 0 aliphatic carbocycles. The van der Waals surface area contributed by atoms with Crippen molar-refractivity contribution in [2.45, 2.75) is 4.21 Å². The Kier molecular flexibility index (Phi) is 4.57. The number of carbonyl (C=O) groups is 1. The number of nitrogens with one attached hydrogen (secondary N) is 1. The van der Waals surface area contributed by atoms with Gasteiger partial charge in [-0.05, 0) is 36.0 Å². The van der Waals surface area contributed by atoms with Gasteiger partial charge in [-0.1, -0.05) is 23.2 Å². The molecular formula is C11H8Cl2N2O2S2. The summed E-state index contributed by atoms with van der Waals surface area (Å²) in [5.41, 5.74) is 0.123. The summed E-state index contributed by atoms with van der Waals surface area (Å²) in [4.78, 5) is 23.5. The van der Waals surface area contributed by atoms with Crippen molar-refractivity contribution in [1.82, 2.24) is 3.96 Å². The molecule has 0 spiro atoms. The lowest BCUT2D eigenvalue weighted by Gasteiger charge is -2.05. The van der Waals surface area contributed by atoms with Crippen molar-refractivity contribution in [3.63, 3.8) is 0 Å². The Balaban J connectivity index is 2.22. The molecule has 0 atom stereocenters. The summed E-state index contributed by atoms with van der Waals surface area (Å²) >= 11 is 14.1. The highest BCUT2D eigenvalue weighted by Crippen LogP contribution is 2.25. The van der Waals surface area contributed by atoms with Crippen LogP contribution in [0.4, 0.5) is 10.5 Å². The highest BCUT2D eigenvalue weighted by Gasteiger charge is 2.12. The predicted octanol–water partition coefficient (Wildman–Crippen LogP) is 4.02. The maximum Gasteiger partial charge on any atom is 0.342 e. The molecule has 8 heteroatoms. The molecule has 4 nitrogen and oxygen atoms in total. The molecule has 1 heterocycles. The van der Waals surface area contributed by atoms with Crippen LogP contribution in [0.25, 0.3) is 0 Å². The number of anilines is 1. The maximum atomic E-state index is 11.9. The van der Waals surface area contributed by atoms with Gasteiger partial charge in [-0.2, -0.15) is 3.96 Å². The Labute approximate surface area is 127 Å². The monoisotopic (exact) mass is 334 g/mol. The molecule has 100 valence electrons. The van der Waals surface area contributed by atoms with Gasteiger partial charge in [0.1, 0.15) is 0 Å². The molecule has 1 N–H and O–H groups in total. The predicted molar refractivity (Wildman–Crippen MR) is 81.2 cm³/mol. The van der Waals surface area contributed by atoms with Gasteiger partial charge in [0.25, 0.3) is 5.56 Å². The quantitative estimate of drug-likeness (QED) is 0.844. The highest BCUT2D eigenvalue weighted by molar-refractivity contribution is 8.00. The van der Waals surface area contributed by atoms with E-state index in [1.165, 1.54) is 23.9 Å². The fourth-order valence-corrected chi connectivity index (χ4v) is 2.95. The summed E-state index contributed by atoms with van der Waals surface area (Å²) in [6.45, 7) is 0. The van der Waals surface area contributed by atoms with E-state index in [4.69, 9.17) is 23.2 Å². The second-order valence-electron chi connectivity index (χ2n) is 3.45. The van der Waals surface area contributed by atoms with Gasteiger partial charge in [-0.15, -0.1) is 11.8 Å². The second-order valence-corrected chi connectivity index (χ2v) is 6.36. The number of nitrogens with zero attached hydrogens (tertiary/aromatic N) is 1.